The molecule has 1 aliphatic rings. The van der Waals surface area contributed by atoms with Gasteiger partial charge in [-0.3, -0.25) is 4.79 Å². The van der Waals surface area contributed by atoms with Crippen LogP contribution in [0.15, 0.2) is 48.5 Å². The Kier molecular flexibility index (Phi) is 3.31. The summed E-state index contributed by atoms with van der Waals surface area (Å²) in [4.78, 5) is 24.9. The molecule has 0 aliphatic carbocycles. The number of hydrogen-bond donors (Lipinski definition) is 2. The second-order valence-corrected chi connectivity index (χ2v) is 4.82. The Balaban J connectivity index is 2.10. The minimum atomic E-state index is -1.01. The normalized spacial score (nSPS) is 14.1. The molecule has 0 saturated heterocycles. The summed E-state index contributed by atoms with van der Waals surface area (Å²) >= 11 is 0. The van der Waals surface area contributed by atoms with Crippen molar-refractivity contribution < 1.29 is 14.7 Å². The molecule has 1 heterocycles. The van der Waals surface area contributed by atoms with Crippen LogP contribution in [0.4, 0.5) is 17.1 Å². The molecular weight excluding hydrogens is 268 g/mol. The minimum absolute atomic E-state index is 0.114. The maximum absolute atomic E-state index is 11.8. The van der Waals surface area contributed by atoms with E-state index >= 15 is 0 Å². The van der Waals surface area contributed by atoms with Crippen LogP contribution in [0.1, 0.15) is 16.8 Å². The van der Waals surface area contributed by atoms with Crippen LogP contribution in [0, 0.1) is 0 Å². The van der Waals surface area contributed by atoms with E-state index in [2.05, 4.69) is 5.32 Å². The number of benzene rings is 2. The zero-order valence-electron chi connectivity index (χ0n) is 11.2. The van der Waals surface area contributed by atoms with Crippen molar-refractivity contribution in [2.24, 2.45) is 0 Å². The fourth-order valence-electron chi connectivity index (χ4n) is 2.43. The minimum Gasteiger partial charge on any atom is -0.478 e. The summed E-state index contributed by atoms with van der Waals surface area (Å²) in [6.07, 6.45) is 0.353. The Bertz CT molecular complexity index is 698. The highest BCUT2D eigenvalue weighted by molar-refractivity contribution is 6.00. The van der Waals surface area contributed by atoms with E-state index in [1.807, 2.05) is 35.2 Å². The lowest BCUT2D eigenvalue weighted by Gasteiger charge is -2.24. The average Bonchev–Trinajstić information content (AvgIpc) is 2.65. The van der Waals surface area contributed by atoms with E-state index in [1.54, 1.807) is 12.1 Å². The van der Waals surface area contributed by atoms with Crippen molar-refractivity contribution in [3.05, 3.63) is 54.1 Å². The Labute approximate surface area is 121 Å². The fourth-order valence-corrected chi connectivity index (χ4v) is 2.43. The number of para-hydroxylation sites is 1. The van der Waals surface area contributed by atoms with Gasteiger partial charge in [0.15, 0.2) is 0 Å². The van der Waals surface area contributed by atoms with E-state index in [4.69, 9.17) is 5.11 Å². The van der Waals surface area contributed by atoms with E-state index < -0.39 is 5.97 Å². The number of nitrogens with one attached hydrogen (secondary N) is 1. The van der Waals surface area contributed by atoms with Gasteiger partial charge < -0.3 is 15.3 Å². The summed E-state index contributed by atoms with van der Waals surface area (Å²) in [5.41, 5.74) is 2.46. The Hall–Kier alpha value is -2.82. The van der Waals surface area contributed by atoms with Gasteiger partial charge in [0.2, 0.25) is 5.91 Å². The van der Waals surface area contributed by atoms with Gasteiger partial charge in [-0.1, -0.05) is 18.2 Å². The van der Waals surface area contributed by atoms with Gasteiger partial charge in [0.1, 0.15) is 0 Å². The van der Waals surface area contributed by atoms with Gasteiger partial charge in [-0.05, 0) is 30.3 Å². The lowest BCUT2D eigenvalue weighted by molar-refractivity contribution is -0.115. The second kappa shape index (κ2) is 5.28. The molecule has 21 heavy (non-hydrogen) atoms. The number of anilines is 3. The highest BCUT2D eigenvalue weighted by Gasteiger charge is 2.21. The molecule has 3 rings (SSSR count). The topological polar surface area (TPSA) is 69.6 Å². The predicted octanol–water partition coefficient (Wildman–Crippen LogP) is 2.87. The van der Waals surface area contributed by atoms with Crippen molar-refractivity contribution in [1.82, 2.24) is 0 Å². The largest absolute Gasteiger partial charge is 0.478 e. The van der Waals surface area contributed by atoms with Gasteiger partial charge in [0.25, 0.3) is 0 Å². The van der Waals surface area contributed by atoms with Crippen LogP contribution < -0.4 is 10.2 Å². The molecular formula is C16H14N2O3. The number of hydrogen-bond acceptors (Lipinski definition) is 3. The number of carboxylic acid groups (broad SMARTS) is 1. The summed E-state index contributed by atoms with van der Waals surface area (Å²) in [6.45, 7) is 0.551. The fraction of sp³-hybridized carbons (Fsp3) is 0.125. The van der Waals surface area contributed by atoms with Crippen LogP contribution in [0.5, 0.6) is 0 Å². The van der Waals surface area contributed by atoms with Crippen LogP contribution in [0.3, 0.4) is 0 Å². The van der Waals surface area contributed by atoms with Crippen molar-refractivity contribution in [2.45, 2.75) is 6.42 Å². The van der Waals surface area contributed by atoms with Crippen molar-refractivity contribution >= 4 is 28.9 Å². The molecule has 0 fully saturated rings. The van der Waals surface area contributed by atoms with Crippen LogP contribution >= 0.6 is 0 Å². The van der Waals surface area contributed by atoms with Gasteiger partial charge >= 0.3 is 5.97 Å². The molecule has 2 N–H and O–H groups in total. The standard InChI is InChI=1S/C16H14N2O3/c19-15-8-9-18(12-4-2-1-3-5-12)14-7-6-11(16(20)21)10-13(14)17-15/h1-7,10H,8-9H2,(H,17,19)(H,20,21). The Morgan fingerprint density at radius 2 is 1.90 bits per heavy atom. The summed E-state index contributed by atoms with van der Waals surface area (Å²) in [5.74, 6) is -1.13. The first-order chi connectivity index (χ1) is 10.1. The molecule has 1 aliphatic heterocycles. The summed E-state index contributed by atoms with van der Waals surface area (Å²) < 4.78 is 0. The van der Waals surface area contributed by atoms with E-state index in [9.17, 15) is 9.59 Å². The van der Waals surface area contributed by atoms with Crippen LogP contribution in [-0.4, -0.2) is 23.5 Å². The number of rotatable bonds is 2. The molecule has 106 valence electrons. The first-order valence-electron chi connectivity index (χ1n) is 6.65. The molecule has 0 unspecified atom stereocenters. The van der Waals surface area contributed by atoms with Crippen molar-refractivity contribution in [2.75, 3.05) is 16.8 Å². The van der Waals surface area contributed by atoms with Gasteiger partial charge in [0.05, 0.1) is 16.9 Å². The zero-order chi connectivity index (χ0) is 14.8. The molecule has 0 spiro atoms. The molecule has 0 aromatic heterocycles. The summed E-state index contributed by atoms with van der Waals surface area (Å²) in [6, 6.07) is 14.5. The number of carbonyl (C=O) groups excluding carboxylic acids is 1. The van der Waals surface area contributed by atoms with Crippen LogP contribution in [0.2, 0.25) is 0 Å². The highest BCUT2D eigenvalue weighted by atomic mass is 16.4. The molecule has 5 nitrogen and oxygen atoms in total. The lowest BCUT2D eigenvalue weighted by atomic mass is 10.1. The SMILES string of the molecule is O=C1CCN(c2ccccc2)c2ccc(C(=O)O)cc2N1. The molecule has 0 saturated carbocycles. The van der Waals surface area contributed by atoms with Gasteiger partial charge in [0, 0.05) is 18.7 Å². The van der Waals surface area contributed by atoms with Crippen molar-refractivity contribution in [3.8, 4) is 0 Å². The van der Waals surface area contributed by atoms with E-state index in [1.165, 1.54) is 6.07 Å². The quantitative estimate of drug-likeness (QED) is 0.888. The monoisotopic (exact) mass is 282 g/mol. The summed E-state index contributed by atoms with van der Waals surface area (Å²) in [5, 5.41) is 11.9. The molecule has 5 heteroatoms. The first kappa shape index (κ1) is 13.2. The smallest absolute Gasteiger partial charge is 0.335 e. The first-order valence-corrected chi connectivity index (χ1v) is 6.65. The average molecular weight is 282 g/mol. The molecule has 0 radical (unpaired) electrons. The molecule has 2 aromatic rings. The number of carbonyl (C=O) groups is 2. The zero-order valence-corrected chi connectivity index (χ0v) is 11.2. The second-order valence-electron chi connectivity index (χ2n) is 4.82. The van der Waals surface area contributed by atoms with Gasteiger partial charge in [-0.15, -0.1) is 0 Å². The molecule has 0 atom stereocenters. The predicted molar refractivity (Wildman–Crippen MR) is 80.1 cm³/mol. The van der Waals surface area contributed by atoms with Crippen molar-refractivity contribution in [1.29, 1.82) is 0 Å². The van der Waals surface area contributed by atoms with E-state index in [-0.39, 0.29) is 11.5 Å². The van der Waals surface area contributed by atoms with Crippen LogP contribution in [0.25, 0.3) is 0 Å². The highest BCUT2D eigenvalue weighted by Crippen LogP contribution is 2.35. The third-order valence-electron chi connectivity index (χ3n) is 3.44. The van der Waals surface area contributed by atoms with E-state index in [0.29, 0.717) is 18.7 Å². The third-order valence-corrected chi connectivity index (χ3v) is 3.44. The van der Waals surface area contributed by atoms with Gasteiger partial charge in [-0.25, -0.2) is 4.79 Å². The Morgan fingerprint density at radius 3 is 2.62 bits per heavy atom. The van der Waals surface area contributed by atoms with Crippen molar-refractivity contribution in [3.63, 3.8) is 0 Å². The number of nitrogens with zero attached hydrogens (tertiary/aromatic N) is 1. The number of fused-ring (bicyclic) bond motifs is 1. The maximum atomic E-state index is 11.8. The molecule has 0 bridgehead atoms. The molecule has 1 amide bonds. The Morgan fingerprint density at radius 1 is 1.14 bits per heavy atom. The van der Waals surface area contributed by atoms with E-state index in [0.717, 1.165) is 11.4 Å². The van der Waals surface area contributed by atoms with Gasteiger partial charge in [-0.2, -0.15) is 0 Å². The number of carboxylic acids is 1. The van der Waals surface area contributed by atoms with Crippen LogP contribution in [-0.2, 0) is 4.79 Å². The molecule has 2 aromatic carbocycles. The number of amides is 1. The lowest BCUT2D eigenvalue weighted by Crippen LogP contribution is -2.18. The summed E-state index contributed by atoms with van der Waals surface area (Å²) in [7, 11) is 0. The maximum Gasteiger partial charge on any atom is 0.335 e. The third kappa shape index (κ3) is 2.58. The number of aromatic carboxylic acids is 1.